The second kappa shape index (κ2) is 11.8. The Morgan fingerprint density at radius 3 is 2.36 bits per heavy atom. The number of carbonyl (C=O) groups excluding carboxylic acids is 1. The third-order valence-electron chi connectivity index (χ3n) is 6.07. The molecule has 9 nitrogen and oxygen atoms in total. The molecule has 206 valence electrons. The number of hydrogen-bond donors (Lipinski definition) is 0. The highest BCUT2D eigenvalue weighted by Gasteiger charge is 2.35. The van der Waals surface area contributed by atoms with Crippen LogP contribution in [0.4, 0.5) is 0 Å². The molecule has 1 aliphatic heterocycles. The number of rotatable bonds is 8. The summed E-state index contributed by atoms with van der Waals surface area (Å²) < 4.78 is 29.5. The Hall–Kier alpha value is -3.28. The van der Waals surface area contributed by atoms with Crippen molar-refractivity contribution in [3.8, 4) is 23.0 Å². The first kappa shape index (κ1) is 28.7. The van der Waals surface area contributed by atoms with Crippen LogP contribution in [0.1, 0.15) is 31.0 Å². The molecule has 1 atom stereocenters. The first-order chi connectivity index (χ1) is 18.7. The molecule has 0 bridgehead atoms. The van der Waals surface area contributed by atoms with Crippen LogP contribution >= 0.6 is 38.9 Å². The van der Waals surface area contributed by atoms with Crippen LogP contribution in [-0.2, 0) is 9.53 Å². The lowest BCUT2D eigenvalue weighted by Gasteiger charge is -2.26. The zero-order valence-corrected chi connectivity index (χ0v) is 25.2. The largest absolute Gasteiger partial charge is 0.493 e. The topological polar surface area (TPSA) is 97.6 Å². The Morgan fingerprint density at radius 2 is 1.74 bits per heavy atom. The summed E-state index contributed by atoms with van der Waals surface area (Å²) in [6.45, 7) is 3.61. The quantitative estimate of drug-likeness (QED) is 0.341. The van der Waals surface area contributed by atoms with Crippen LogP contribution in [0.2, 0.25) is 5.02 Å². The molecule has 0 unspecified atom stereocenters. The molecule has 0 saturated carbocycles. The van der Waals surface area contributed by atoms with Crippen molar-refractivity contribution in [2.24, 2.45) is 4.99 Å². The van der Waals surface area contributed by atoms with Crippen molar-refractivity contribution in [2.45, 2.75) is 19.9 Å². The molecule has 2 heterocycles. The molecule has 0 fully saturated rings. The summed E-state index contributed by atoms with van der Waals surface area (Å²) in [7, 11) is 6.05. The zero-order valence-electron chi connectivity index (χ0n) is 22.1. The summed E-state index contributed by atoms with van der Waals surface area (Å²) in [5.41, 5.74) is 1.59. The summed E-state index contributed by atoms with van der Waals surface area (Å²) in [5.74, 6) is 1.19. The highest BCUT2D eigenvalue weighted by Crippen LogP contribution is 2.41. The molecule has 0 saturated heterocycles. The summed E-state index contributed by atoms with van der Waals surface area (Å²) in [6, 6.07) is 6.02. The van der Waals surface area contributed by atoms with E-state index in [0.29, 0.717) is 58.7 Å². The van der Waals surface area contributed by atoms with Crippen LogP contribution in [0.25, 0.3) is 6.08 Å². The van der Waals surface area contributed by atoms with E-state index in [-0.39, 0.29) is 17.7 Å². The Morgan fingerprint density at radius 1 is 1.08 bits per heavy atom. The van der Waals surface area contributed by atoms with Gasteiger partial charge in [0.25, 0.3) is 5.56 Å². The molecular weight excluding hydrogens is 612 g/mol. The number of nitrogens with zero attached hydrogens (tertiary/aromatic N) is 2. The van der Waals surface area contributed by atoms with Gasteiger partial charge in [-0.15, -0.1) is 0 Å². The summed E-state index contributed by atoms with van der Waals surface area (Å²) in [4.78, 5) is 32.2. The lowest BCUT2D eigenvalue weighted by molar-refractivity contribution is -0.139. The van der Waals surface area contributed by atoms with Gasteiger partial charge >= 0.3 is 5.97 Å². The van der Waals surface area contributed by atoms with Crippen molar-refractivity contribution in [3.05, 3.63) is 75.8 Å². The molecule has 0 radical (unpaired) electrons. The summed E-state index contributed by atoms with van der Waals surface area (Å²) in [5, 5.41) is 0.337. The number of thiazole rings is 1. The maximum atomic E-state index is 13.9. The second-order valence-corrected chi connectivity index (χ2v) is 10.5. The molecule has 39 heavy (non-hydrogen) atoms. The number of benzene rings is 2. The number of halogens is 2. The van der Waals surface area contributed by atoms with Gasteiger partial charge in [-0.25, -0.2) is 9.79 Å². The molecule has 1 aliphatic rings. The Bertz CT molecular complexity index is 1660. The predicted octanol–water partition coefficient (Wildman–Crippen LogP) is 4.25. The van der Waals surface area contributed by atoms with Gasteiger partial charge in [0.2, 0.25) is 0 Å². The first-order valence-electron chi connectivity index (χ1n) is 11.7. The van der Waals surface area contributed by atoms with E-state index in [0.717, 1.165) is 0 Å². The van der Waals surface area contributed by atoms with Gasteiger partial charge in [-0.1, -0.05) is 38.9 Å². The van der Waals surface area contributed by atoms with Crippen molar-refractivity contribution in [3.63, 3.8) is 0 Å². The SMILES string of the molecule is CCOC(=O)C1=C(C)N=c2s/c(=C\c3cc(Cl)c(OC)c(OC)c3)c(=O)n2[C@H]1c1cc(OC)c(OC)cc1Br. The number of hydrogen-bond acceptors (Lipinski definition) is 9. The van der Waals surface area contributed by atoms with Gasteiger partial charge in [-0.2, -0.15) is 0 Å². The predicted molar refractivity (Wildman–Crippen MR) is 152 cm³/mol. The van der Waals surface area contributed by atoms with E-state index < -0.39 is 12.0 Å². The Balaban J connectivity index is 2.00. The van der Waals surface area contributed by atoms with E-state index in [1.54, 1.807) is 44.2 Å². The number of allylic oxidation sites excluding steroid dienone is 1. The molecule has 1 aromatic heterocycles. The minimum Gasteiger partial charge on any atom is -0.493 e. The fraction of sp³-hybridized carbons (Fsp3) is 0.296. The van der Waals surface area contributed by atoms with Crippen LogP contribution in [0.3, 0.4) is 0 Å². The standard InChI is InChI=1S/C27H26BrClN2O7S/c1-7-38-26(33)22-13(2)30-27-31(23(22)15-11-18(34-3)19(35-4)12-16(15)28)25(32)21(39-27)10-14-8-17(29)24(37-6)20(9-14)36-5/h8-12,23H,7H2,1-6H3/b21-10-/t23-/m0/s1. The van der Waals surface area contributed by atoms with Crippen LogP contribution in [0.15, 0.2) is 49.8 Å². The monoisotopic (exact) mass is 636 g/mol. The Kier molecular flexibility index (Phi) is 8.73. The van der Waals surface area contributed by atoms with Gasteiger partial charge < -0.3 is 23.7 Å². The first-order valence-corrected chi connectivity index (χ1v) is 13.7. The fourth-order valence-corrected chi connectivity index (χ4v) is 6.22. The van der Waals surface area contributed by atoms with Crippen LogP contribution < -0.4 is 33.8 Å². The van der Waals surface area contributed by atoms with Crippen molar-refractivity contribution in [1.82, 2.24) is 4.57 Å². The second-order valence-electron chi connectivity index (χ2n) is 8.27. The van der Waals surface area contributed by atoms with Crippen molar-refractivity contribution >= 4 is 50.9 Å². The zero-order chi connectivity index (χ0) is 28.4. The average Bonchev–Trinajstić information content (AvgIpc) is 3.21. The minimum absolute atomic E-state index is 0.167. The summed E-state index contributed by atoms with van der Waals surface area (Å²) >= 11 is 11.2. The van der Waals surface area contributed by atoms with Crippen molar-refractivity contribution in [1.29, 1.82) is 0 Å². The van der Waals surface area contributed by atoms with E-state index >= 15 is 0 Å². The van der Waals surface area contributed by atoms with E-state index in [4.69, 9.17) is 35.3 Å². The number of fused-ring (bicyclic) bond motifs is 1. The van der Waals surface area contributed by atoms with Crippen molar-refractivity contribution < 1.29 is 28.5 Å². The van der Waals surface area contributed by atoms with E-state index in [1.165, 1.54) is 44.3 Å². The summed E-state index contributed by atoms with van der Waals surface area (Å²) in [6.07, 6.45) is 1.70. The third-order valence-corrected chi connectivity index (χ3v) is 8.02. The van der Waals surface area contributed by atoms with E-state index in [9.17, 15) is 9.59 Å². The molecule has 3 aromatic rings. The number of aromatic nitrogens is 1. The molecule has 2 aromatic carbocycles. The van der Waals surface area contributed by atoms with Gasteiger partial charge in [0.1, 0.15) is 0 Å². The molecule has 0 aliphatic carbocycles. The van der Waals surface area contributed by atoms with E-state index in [1.807, 2.05) is 0 Å². The number of methoxy groups -OCH3 is 4. The van der Waals surface area contributed by atoms with Gasteiger partial charge in [0.05, 0.1) is 61.9 Å². The van der Waals surface area contributed by atoms with Crippen molar-refractivity contribution in [2.75, 3.05) is 35.0 Å². The smallest absolute Gasteiger partial charge is 0.338 e. The highest BCUT2D eigenvalue weighted by atomic mass is 79.9. The normalized spacial score (nSPS) is 15.0. The molecule has 4 rings (SSSR count). The van der Waals surface area contributed by atoms with E-state index in [2.05, 4.69) is 20.9 Å². The lowest BCUT2D eigenvalue weighted by atomic mass is 9.95. The number of ether oxygens (including phenoxy) is 5. The minimum atomic E-state index is -0.842. The maximum absolute atomic E-state index is 13.9. The van der Waals surface area contributed by atoms with Gasteiger partial charge in [0.15, 0.2) is 27.8 Å². The number of carbonyl (C=O) groups is 1. The average molecular weight is 638 g/mol. The molecule has 0 spiro atoms. The molecule has 0 N–H and O–H groups in total. The molecular formula is C27H26BrClN2O7S. The third kappa shape index (κ3) is 5.30. The number of esters is 1. The maximum Gasteiger partial charge on any atom is 0.338 e. The fourth-order valence-electron chi connectivity index (χ4n) is 4.34. The van der Waals surface area contributed by atoms with Crippen LogP contribution in [-0.4, -0.2) is 45.6 Å². The van der Waals surface area contributed by atoms with Gasteiger partial charge in [-0.05, 0) is 55.3 Å². The molecule has 0 amide bonds. The lowest BCUT2D eigenvalue weighted by Crippen LogP contribution is -2.40. The van der Waals surface area contributed by atoms with Gasteiger partial charge in [-0.3, -0.25) is 9.36 Å². The van der Waals surface area contributed by atoms with Gasteiger partial charge in [0, 0.05) is 4.47 Å². The van der Waals surface area contributed by atoms with Crippen LogP contribution in [0.5, 0.6) is 23.0 Å². The Labute approximate surface area is 242 Å². The highest BCUT2D eigenvalue weighted by molar-refractivity contribution is 9.10. The van der Waals surface area contributed by atoms with Crippen LogP contribution in [0, 0.1) is 0 Å². The molecule has 12 heteroatoms.